The molecule has 0 amide bonds. The number of hydrogen-bond donors (Lipinski definition) is 1. The zero-order chi connectivity index (χ0) is 18.3. The third-order valence-electron chi connectivity index (χ3n) is 5.31. The molecule has 1 aliphatic heterocycles. The lowest BCUT2D eigenvalue weighted by atomic mass is 9.93. The summed E-state index contributed by atoms with van der Waals surface area (Å²) in [6.45, 7) is 2.01. The molecule has 0 saturated heterocycles. The molecule has 27 heavy (non-hydrogen) atoms. The first kappa shape index (κ1) is 17.7. The number of unbranched alkanes of at least 4 members (excludes halogenated alkanes) is 1. The molecule has 3 heteroatoms. The van der Waals surface area contributed by atoms with Gasteiger partial charge in [0.2, 0.25) is 0 Å². The van der Waals surface area contributed by atoms with Crippen molar-refractivity contribution in [1.82, 2.24) is 14.9 Å². The molecule has 0 aliphatic carbocycles. The summed E-state index contributed by atoms with van der Waals surface area (Å²) in [6.07, 6.45) is 11.1. The molecule has 0 fully saturated rings. The van der Waals surface area contributed by atoms with E-state index in [9.17, 15) is 0 Å². The van der Waals surface area contributed by atoms with Gasteiger partial charge in [0.15, 0.2) is 0 Å². The molecule has 1 N–H and O–H groups in total. The van der Waals surface area contributed by atoms with Crippen LogP contribution in [0.15, 0.2) is 79.1 Å². The maximum absolute atomic E-state index is 4.54. The Kier molecular flexibility index (Phi) is 5.80. The molecule has 0 bridgehead atoms. The Bertz CT molecular complexity index is 865. The second-order valence-corrected chi connectivity index (χ2v) is 7.21. The Morgan fingerprint density at radius 2 is 1.67 bits per heavy atom. The smallest absolute Gasteiger partial charge is 0.139 e. The van der Waals surface area contributed by atoms with E-state index in [1.807, 2.05) is 12.3 Å². The fourth-order valence-corrected chi connectivity index (χ4v) is 3.87. The van der Waals surface area contributed by atoms with Crippen molar-refractivity contribution >= 4 is 5.57 Å². The van der Waals surface area contributed by atoms with Gasteiger partial charge < -0.3 is 9.88 Å². The molecule has 138 valence electrons. The van der Waals surface area contributed by atoms with Gasteiger partial charge in [0, 0.05) is 37.1 Å². The SMILES string of the molecule is C1=C(c2ccccc2)CC(CCCCn2ccnc2-c2ccccc2)NC1. The first-order chi connectivity index (χ1) is 13.4. The van der Waals surface area contributed by atoms with Crippen molar-refractivity contribution < 1.29 is 0 Å². The fourth-order valence-electron chi connectivity index (χ4n) is 3.87. The van der Waals surface area contributed by atoms with Crippen LogP contribution in [0, 0.1) is 0 Å². The van der Waals surface area contributed by atoms with E-state index >= 15 is 0 Å². The van der Waals surface area contributed by atoms with Crippen molar-refractivity contribution in [2.75, 3.05) is 6.54 Å². The summed E-state index contributed by atoms with van der Waals surface area (Å²) in [5.74, 6) is 1.07. The van der Waals surface area contributed by atoms with E-state index in [4.69, 9.17) is 0 Å². The van der Waals surface area contributed by atoms with E-state index in [2.05, 4.69) is 81.7 Å². The molecule has 3 aromatic rings. The topological polar surface area (TPSA) is 29.9 Å². The molecular weight excluding hydrogens is 330 g/mol. The first-order valence-corrected chi connectivity index (χ1v) is 9.94. The number of rotatable bonds is 7. The van der Waals surface area contributed by atoms with Gasteiger partial charge in [0.05, 0.1) is 0 Å². The predicted octanol–water partition coefficient (Wildman–Crippen LogP) is 5.17. The van der Waals surface area contributed by atoms with Crippen LogP contribution in [0.25, 0.3) is 17.0 Å². The van der Waals surface area contributed by atoms with Crippen LogP contribution in [-0.4, -0.2) is 22.1 Å². The largest absolute Gasteiger partial charge is 0.331 e. The zero-order valence-electron chi connectivity index (χ0n) is 15.7. The van der Waals surface area contributed by atoms with Crippen molar-refractivity contribution in [1.29, 1.82) is 0 Å². The lowest BCUT2D eigenvalue weighted by molar-refractivity contribution is 0.465. The summed E-state index contributed by atoms with van der Waals surface area (Å²) >= 11 is 0. The third-order valence-corrected chi connectivity index (χ3v) is 5.31. The monoisotopic (exact) mass is 357 g/mol. The molecule has 1 unspecified atom stereocenters. The molecule has 3 nitrogen and oxygen atoms in total. The van der Waals surface area contributed by atoms with Crippen molar-refractivity contribution in [2.45, 2.75) is 38.3 Å². The molecule has 0 radical (unpaired) electrons. The van der Waals surface area contributed by atoms with Crippen LogP contribution < -0.4 is 5.32 Å². The van der Waals surface area contributed by atoms with Crippen molar-refractivity contribution in [3.8, 4) is 11.4 Å². The van der Waals surface area contributed by atoms with Crippen molar-refractivity contribution in [2.24, 2.45) is 0 Å². The van der Waals surface area contributed by atoms with Gasteiger partial charge in [-0.2, -0.15) is 0 Å². The number of nitrogens with zero attached hydrogens (tertiary/aromatic N) is 2. The van der Waals surface area contributed by atoms with E-state index in [-0.39, 0.29) is 0 Å². The van der Waals surface area contributed by atoms with Gasteiger partial charge in [0.25, 0.3) is 0 Å². The van der Waals surface area contributed by atoms with Crippen LogP contribution in [-0.2, 0) is 6.54 Å². The van der Waals surface area contributed by atoms with Gasteiger partial charge in [0.1, 0.15) is 5.82 Å². The van der Waals surface area contributed by atoms with Crippen LogP contribution in [0.1, 0.15) is 31.2 Å². The maximum atomic E-state index is 4.54. The minimum atomic E-state index is 0.585. The zero-order valence-corrected chi connectivity index (χ0v) is 15.7. The lowest BCUT2D eigenvalue weighted by Crippen LogP contribution is -2.32. The third kappa shape index (κ3) is 4.55. The maximum Gasteiger partial charge on any atom is 0.139 e. The average molecular weight is 358 g/mol. The minimum absolute atomic E-state index is 0.585. The van der Waals surface area contributed by atoms with Gasteiger partial charge in [-0.15, -0.1) is 0 Å². The molecule has 1 aliphatic rings. The molecule has 0 saturated carbocycles. The summed E-state index contributed by atoms with van der Waals surface area (Å²) in [5.41, 5.74) is 4.05. The van der Waals surface area contributed by atoms with Crippen LogP contribution in [0.4, 0.5) is 0 Å². The predicted molar refractivity (Wildman–Crippen MR) is 112 cm³/mol. The number of hydrogen-bond acceptors (Lipinski definition) is 2. The van der Waals surface area contributed by atoms with Crippen molar-refractivity contribution in [3.05, 3.63) is 84.7 Å². The van der Waals surface area contributed by atoms with Crippen LogP contribution in [0.5, 0.6) is 0 Å². The van der Waals surface area contributed by atoms with Gasteiger partial charge >= 0.3 is 0 Å². The number of benzene rings is 2. The molecule has 2 heterocycles. The standard InChI is InChI=1S/C24H27N3/c1-3-9-20(10-4-1)22-14-15-25-23(19-22)13-7-8-17-27-18-16-26-24(27)21-11-5-2-6-12-21/h1-6,9-12,14,16,18,23,25H,7-8,13,15,17,19H2. The Morgan fingerprint density at radius 3 is 2.44 bits per heavy atom. The molecule has 4 rings (SSSR count). The van der Waals surface area contributed by atoms with Gasteiger partial charge in [-0.3, -0.25) is 0 Å². The molecule has 2 aromatic carbocycles. The summed E-state index contributed by atoms with van der Waals surface area (Å²) < 4.78 is 2.28. The van der Waals surface area contributed by atoms with E-state index in [1.165, 1.54) is 36.0 Å². The normalized spacial score (nSPS) is 16.9. The molecule has 1 aromatic heterocycles. The second kappa shape index (κ2) is 8.83. The Hall–Kier alpha value is -2.65. The van der Waals surface area contributed by atoms with E-state index in [1.54, 1.807) is 0 Å². The quantitative estimate of drug-likeness (QED) is 0.592. The summed E-state index contributed by atoms with van der Waals surface area (Å²) in [5, 5.41) is 3.65. The number of aromatic nitrogens is 2. The lowest BCUT2D eigenvalue weighted by Gasteiger charge is -2.24. The number of nitrogens with one attached hydrogen (secondary N) is 1. The molecule has 1 atom stereocenters. The number of aryl methyl sites for hydroxylation is 1. The van der Waals surface area contributed by atoms with E-state index in [0.29, 0.717) is 6.04 Å². The van der Waals surface area contributed by atoms with Gasteiger partial charge in [-0.1, -0.05) is 73.2 Å². The highest BCUT2D eigenvalue weighted by Gasteiger charge is 2.15. The van der Waals surface area contributed by atoms with E-state index in [0.717, 1.165) is 25.3 Å². The number of imidazole rings is 1. The minimum Gasteiger partial charge on any atom is -0.331 e. The first-order valence-electron chi connectivity index (χ1n) is 9.94. The summed E-state index contributed by atoms with van der Waals surface area (Å²) in [7, 11) is 0. The Morgan fingerprint density at radius 1 is 0.926 bits per heavy atom. The van der Waals surface area contributed by atoms with Crippen LogP contribution in [0.2, 0.25) is 0 Å². The highest BCUT2D eigenvalue weighted by atomic mass is 15.1. The fraction of sp³-hybridized carbons (Fsp3) is 0.292. The Labute approximate surface area is 161 Å². The van der Waals surface area contributed by atoms with Crippen LogP contribution in [0.3, 0.4) is 0 Å². The summed E-state index contributed by atoms with van der Waals surface area (Å²) in [4.78, 5) is 4.54. The van der Waals surface area contributed by atoms with Crippen molar-refractivity contribution in [3.63, 3.8) is 0 Å². The highest BCUT2D eigenvalue weighted by Crippen LogP contribution is 2.24. The van der Waals surface area contributed by atoms with E-state index < -0.39 is 0 Å². The van der Waals surface area contributed by atoms with Gasteiger partial charge in [-0.05, 0) is 30.4 Å². The highest BCUT2D eigenvalue weighted by molar-refractivity contribution is 5.66. The van der Waals surface area contributed by atoms with Gasteiger partial charge in [-0.25, -0.2) is 4.98 Å². The second-order valence-electron chi connectivity index (χ2n) is 7.21. The van der Waals surface area contributed by atoms with Crippen LogP contribution >= 0.6 is 0 Å². The average Bonchev–Trinajstić information content (AvgIpc) is 3.21. The molecular formula is C24H27N3. The molecule has 0 spiro atoms. The summed E-state index contributed by atoms with van der Waals surface area (Å²) in [6, 6.07) is 21.8. The Balaban J connectivity index is 1.27.